The molecule has 3 fully saturated rings. The fourth-order valence-corrected chi connectivity index (χ4v) is 5.81. The van der Waals surface area contributed by atoms with Crippen LogP contribution in [-0.4, -0.2) is 71.7 Å². The average molecular weight is 511 g/mol. The van der Waals surface area contributed by atoms with Crippen molar-refractivity contribution < 1.29 is 24.2 Å². The highest BCUT2D eigenvalue weighted by molar-refractivity contribution is 5.78. The zero-order valence-corrected chi connectivity index (χ0v) is 22.4. The van der Waals surface area contributed by atoms with Gasteiger partial charge in [0, 0.05) is 42.7 Å². The lowest BCUT2D eigenvalue weighted by Gasteiger charge is -2.49. The van der Waals surface area contributed by atoms with Gasteiger partial charge in [-0.05, 0) is 61.9 Å². The van der Waals surface area contributed by atoms with E-state index in [-0.39, 0.29) is 24.8 Å². The standard InChI is InChI=1S/C28H38N4O5/c1-17-30-22(19-6-7-24(36-4)25(11-19)37-5)12-23(31-17)21-16-32-9-8-18(21)10-20(32)15-29-26(33)13-28(2,3)14-27(34)35/h6-7,11-12,18,20-21H,8-10,13-16H2,1-5H3,(H,29,33)(H,34,35). The Kier molecular flexibility index (Phi) is 8.02. The third kappa shape index (κ3) is 6.39. The Morgan fingerprint density at radius 2 is 1.89 bits per heavy atom. The minimum absolute atomic E-state index is 0.0244. The number of aryl methyl sites for hydroxylation is 1. The van der Waals surface area contributed by atoms with E-state index < -0.39 is 11.4 Å². The molecule has 0 radical (unpaired) electrons. The molecule has 9 nitrogen and oxygen atoms in total. The van der Waals surface area contributed by atoms with E-state index in [1.165, 1.54) is 0 Å². The van der Waals surface area contributed by atoms with Gasteiger partial charge in [-0.15, -0.1) is 0 Å². The van der Waals surface area contributed by atoms with Crippen molar-refractivity contribution in [3.05, 3.63) is 35.8 Å². The van der Waals surface area contributed by atoms with E-state index in [1.807, 2.05) is 39.0 Å². The van der Waals surface area contributed by atoms with Crippen LogP contribution in [0.3, 0.4) is 0 Å². The second-order valence-corrected chi connectivity index (χ2v) is 11.1. The molecule has 0 saturated carbocycles. The summed E-state index contributed by atoms with van der Waals surface area (Å²) in [6.45, 7) is 8.06. The number of benzene rings is 1. The Morgan fingerprint density at radius 3 is 2.54 bits per heavy atom. The van der Waals surface area contributed by atoms with Gasteiger partial charge in [-0.2, -0.15) is 0 Å². The maximum Gasteiger partial charge on any atom is 0.303 e. The van der Waals surface area contributed by atoms with Crippen molar-refractivity contribution in [1.29, 1.82) is 0 Å². The molecule has 3 saturated heterocycles. The molecule has 1 aromatic heterocycles. The molecule has 0 spiro atoms. The highest BCUT2D eigenvalue weighted by Crippen LogP contribution is 2.42. The summed E-state index contributed by atoms with van der Waals surface area (Å²) in [5, 5.41) is 12.1. The predicted molar refractivity (Wildman–Crippen MR) is 140 cm³/mol. The summed E-state index contributed by atoms with van der Waals surface area (Å²) >= 11 is 0. The monoisotopic (exact) mass is 510 g/mol. The third-order valence-electron chi connectivity index (χ3n) is 7.60. The van der Waals surface area contributed by atoms with Crippen molar-refractivity contribution in [2.75, 3.05) is 33.9 Å². The first-order chi connectivity index (χ1) is 17.6. The highest BCUT2D eigenvalue weighted by atomic mass is 16.5. The molecule has 1 amide bonds. The van der Waals surface area contributed by atoms with Crippen LogP contribution in [0, 0.1) is 18.3 Å². The van der Waals surface area contributed by atoms with E-state index in [4.69, 9.17) is 24.5 Å². The Bertz CT molecular complexity index is 1150. The molecule has 4 unspecified atom stereocenters. The van der Waals surface area contributed by atoms with Gasteiger partial charge in [0.05, 0.1) is 26.3 Å². The zero-order chi connectivity index (χ0) is 26.7. The van der Waals surface area contributed by atoms with Crippen molar-refractivity contribution >= 4 is 11.9 Å². The van der Waals surface area contributed by atoms with E-state index in [1.54, 1.807) is 14.2 Å². The van der Waals surface area contributed by atoms with Crippen molar-refractivity contribution in [2.24, 2.45) is 11.3 Å². The highest BCUT2D eigenvalue weighted by Gasteiger charge is 2.41. The zero-order valence-electron chi connectivity index (χ0n) is 22.4. The van der Waals surface area contributed by atoms with Gasteiger partial charge in [-0.25, -0.2) is 9.97 Å². The van der Waals surface area contributed by atoms with Crippen LogP contribution >= 0.6 is 0 Å². The van der Waals surface area contributed by atoms with Crippen molar-refractivity contribution in [3.8, 4) is 22.8 Å². The first-order valence-electron chi connectivity index (χ1n) is 12.9. The van der Waals surface area contributed by atoms with Gasteiger partial charge < -0.3 is 19.9 Å². The quantitative estimate of drug-likeness (QED) is 0.498. The average Bonchev–Trinajstić information content (AvgIpc) is 2.85. The van der Waals surface area contributed by atoms with Crippen molar-refractivity contribution in [2.45, 2.75) is 58.4 Å². The number of piperidine rings is 3. The molecule has 200 valence electrons. The van der Waals surface area contributed by atoms with Crippen LogP contribution in [0.25, 0.3) is 11.3 Å². The Morgan fingerprint density at radius 1 is 1.14 bits per heavy atom. The van der Waals surface area contributed by atoms with Crippen LogP contribution in [0.5, 0.6) is 11.5 Å². The molecule has 1 aromatic carbocycles. The van der Waals surface area contributed by atoms with Crippen LogP contribution in [0.15, 0.2) is 24.3 Å². The Labute approximate surface area is 218 Å². The van der Waals surface area contributed by atoms with E-state index in [0.717, 1.165) is 48.7 Å². The fourth-order valence-electron chi connectivity index (χ4n) is 5.81. The number of amides is 1. The lowest BCUT2D eigenvalue weighted by molar-refractivity contribution is -0.139. The normalized spacial score (nSPS) is 22.9. The van der Waals surface area contributed by atoms with Gasteiger partial charge in [0.1, 0.15) is 5.82 Å². The van der Waals surface area contributed by atoms with Gasteiger partial charge in [0.2, 0.25) is 5.91 Å². The predicted octanol–water partition coefficient (Wildman–Crippen LogP) is 3.65. The topological polar surface area (TPSA) is 114 Å². The molecule has 4 heterocycles. The molecule has 4 atom stereocenters. The SMILES string of the molecule is COc1ccc(-c2cc(C3CN4CCC3CC4CNC(=O)CC(C)(C)CC(=O)O)nc(C)n2)cc1OC. The molecule has 9 heteroatoms. The van der Waals surface area contributed by atoms with Gasteiger partial charge in [0.25, 0.3) is 0 Å². The van der Waals surface area contributed by atoms with Crippen LogP contribution in [-0.2, 0) is 9.59 Å². The number of carbonyl (C=O) groups excluding carboxylic acids is 1. The molecular formula is C28H38N4O5. The van der Waals surface area contributed by atoms with Crippen LogP contribution in [0.4, 0.5) is 0 Å². The number of hydrogen-bond donors (Lipinski definition) is 2. The number of aliphatic carboxylic acids is 1. The van der Waals surface area contributed by atoms with E-state index >= 15 is 0 Å². The molecule has 0 aliphatic carbocycles. The lowest BCUT2D eigenvalue weighted by Crippen LogP contribution is -2.56. The molecule has 37 heavy (non-hydrogen) atoms. The fraction of sp³-hybridized carbons (Fsp3) is 0.571. The molecular weight excluding hydrogens is 472 g/mol. The van der Waals surface area contributed by atoms with Crippen LogP contribution < -0.4 is 14.8 Å². The number of carbonyl (C=O) groups is 2. The molecule has 2 N–H and O–H groups in total. The summed E-state index contributed by atoms with van der Waals surface area (Å²) in [7, 11) is 3.25. The molecule has 2 bridgehead atoms. The van der Waals surface area contributed by atoms with E-state index in [2.05, 4.69) is 16.3 Å². The van der Waals surface area contributed by atoms with Gasteiger partial charge >= 0.3 is 5.97 Å². The van der Waals surface area contributed by atoms with Gasteiger partial charge in [-0.1, -0.05) is 13.8 Å². The number of methoxy groups -OCH3 is 2. The van der Waals surface area contributed by atoms with Crippen LogP contribution in [0.2, 0.25) is 0 Å². The van der Waals surface area contributed by atoms with Crippen LogP contribution in [0.1, 0.15) is 57.0 Å². The number of nitrogens with zero attached hydrogens (tertiary/aromatic N) is 3. The molecule has 2 aromatic rings. The number of rotatable bonds is 10. The van der Waals surface area contributed by atoms with Crippen molar-refractivity contribution in [3.63, 3.8) is 0 Å². The number of aromatic nitrogens is 2. The maximum atomic E-state index is 12.5. The Balaban J connectivity index is 1.43. The summed E-state index contributed by atoms with van der Waals surface area (Å²) in [4.78, 5) is 35.6. The molecule has 3 aliphatic rings. The number of nitrogens with one attached hydrogen (secondary N) is 1. The molecule has 3 aliphatic heterocycles. The largest absolute Gasteiger partial charge is 0.493 e. The second-order valence-electron chi connectivity index (χ2n) is 11.1. The summed E-state index contributed by atoms with van der Waals surface area (Å²) in [6.07, 6.45) is 2.29. The first kappa shape index (κ1) is 26.9. The number of carboxylic acid groups (broad SMARTS) is 1. The summed E-state index contributed by atoms with van der Waals surface area (Å²) in [5.41, 5.74) is 2.32. The summed E-state index contributed by atoms with van der Waals surface area (Å²) in [5.74, 6) is 1.92. The summed E-state index contributed by atoms with van der Waals surface area (Å²) < 4.78 is 10.9. The Hall–Kier alpha value is -3.20. The number of fused-ring (bicyclic) bond motifs is 3. The smallest absolute Gasteiger partial charge is 0.303 e. The number of ether oxygens (including phenoxy) is 2. The minimum Gasteiger partial charge on any atom is -0.493 e. The third-order valence-corrected chi connectivity index (χ3v) is 7.60. The van der Waals surface area contributed by atoms with Gasteiger partial charge in [0.15, 0.2) is 11.5 Å². The minimum atomic E-state index is -0.881. The maximum absolute atomic E-state index is 12.5. The lowest BCUT2D eigenvalue weighted by atomic mass is 9.74. The van der Waals surface area contributed by atoms with Crippen molar-refractivity contribution in [1.82, 2.24) is 20.2 Å². The summed E-state index contributed by atoms with van der Waals surface area (Å²) in [6, 6.07) is 8.20. The van der Waals surface area contributed by atoms with E-state index in [0.29, 0.717) is 29.9 Å². The second kappa shape index (κ2) is 11.0. The first-order valence-corrected chi connectivity index (χ1v) is 12.9. The molecule has 5 rings (SSSR count). The van der Waals surface area contributed by atoms with E-state index in [9.17, 15) is 9.59 Å². The van der Waals surface area contributed by atoms with Gasteiger partial charge in [-0.3, -0.25) is 14.5 Å². The number of hydrogen-bond acceptors (Lipinski definition) is 7. The number of carboxylic acids is 1.